The molecular weight excluding hydrogens is 294 g/mol. The van der Waals surface area contributed by atoms with E-state index in [4.69, 9.17) is 5.11 Å². The van der Waals surface area contributed by atoms with Crippen LogP contribution in [0.25, 0.3) is 11.0 Å². The van der Waals surface area contributed by atoms with Crippen LogP contribution in [0.2, 0.25) is 0 Å². The number of carboxylic acid groups (broad SMARTS) is 1. The number of fused-ring (bicyclic) bond motifs is 1. The summed E-state index contributed by atoms with van der Waals surface area (Å²) in [5.41, 5.74) is 1.59. The highest BCUT2D eigenvalue weighted by molar-refractivity contribution is 7.88. The van der Waals surface area contributed by atoms with Gasteiger partial charge in [0.2, 0.25) is 10.0 Å². The zero-order chi connectivity index (χ0) is 15.6. The van der Waals surface area contributed by atoms with Gasteiger partial charge in [-0.15, -0.1) is 0 Å². The second kappa shape index (κ2) is 5.82. The van der Waals surface area contributed by atoms with E-state index in [0.29, 0.717) is 18.5 Å². The highest BCUT2D eigenvalue weighted by Crippen LogP contribution is 2.18. The molecule has 0 aliphatic heterocycles. The first-order valence-corrected chi connectivity index (χ1v) is 8.38. The molecule has 114 valence electrons. The Morgan fingerprint density at radius 2 is 2.14 bits per heavy atom. The molecule has 0 aliphatic carbocycles. The predicted molar refractivity (Wildman–Crippen MR) is 78.9 cm³/mol. The highest BCUT2D eigenvalue weighted by atomic mass is 32.2. The van der Waals surface area contributed by atoms with E-state index in [0.717, 1.165) is 17.6 Å². The molecule has 1 aromatic heterocycles. The Balaban J connectivity index is 2.35. The lowest BCUT2D eigenvalue weighted by Crippen LogP contribution is -2.26. The van der Waals surface area contributed by atoms with Crippen molar-refractivity contribution in [3.63, 3.8) is 0 Å². The van der Waals surface area contributed by atoms with Crippen molar-refractivity contribution in [1.29, 1.82) is 0 Å². The zero-order valence-electron chi connectivity index (χ0n) is 11.8. The number of carbonyl (C=O) groups is 1. The lowest BCUT2D eigenvalue weighted by Gasteiger charge is -2.08. The van der Waals surface area contributed by atoms with Gasteiger partial charge in [0.15, 0.2) is 0 Å². The topological polar surface area (TPSA) is 101 Å². The van der Waals surface area contributed by atoms with Gasteiger partial charge in [0.1, 0.15) is 5.82 Å². The van der Waals surface area contributed by atoms with Gasteiger partial charge in [0.25, 0.3) is 0 Å². The van der Waals surface area contributed by atoms with Crippen LogP contribution in [-0.4, -0.2) is 41.8 Å². The SMILES string of the molecule is CCc1nc2cc(C(=O)O)ccc2n1CCNS(C)(=O)=O. The molecule has 7 nitrogen and oxygen atoms in total. The van der Waals surface area contributed by atoms with Gasteiger partial charge in [-0.25, -0.2) is 22.9 Å². The quantitative estimate of drug-likeness (QED) is 0.823. The molecule has 21 heavy (non-hydrogen) atoms. The van der Waals surface area contributed by atoms with E-state index in [-0.39, 0.29) is 12.1 Å². The number of carboxylic acids is 1. The van der Waals surface area contributed by atoms with Gasteiger partial charge in [-0.1, -0.05) is 6.92 Å². The van der Waals surface area contributed by atoms with Crippen LogP contribution in [0.1, 0.15) is 23.1 Å². The minimum atomic E-state index is -3.23. The molecule has 0 amide bonds. The van der Waals surface area contributed by atoms with E-state index < -0.39 is 16.0 Å². The second-order valence-electron chi connectivity index (χ2n) is 4.71. The number of hydrogen-bond donors (Lipinski definition) is 2. The number of benzene rings is 1. The first-order chi connectivity index (χ1) is 9.81. The van der Waals surface area contributed by atoms with Gasteiger partial charge in [-0.3, -0.25) is 0 Å². The van der Waals surface area contributed by atoms with Gasteiger partial charge in [-0.2, -0.15) is 0 Å². The van der Waals surface area contributed by atoms with Gasteiger partial charge >= 0.3 is 5.97 Å². The van der Waals surface area contributed by atoms with E-state index in [9.17, 15) is 13.2 Å². The summed E-state index contributed by atoms with van der Waals surface area (Å²) < 4.78 is 26.5. The summed E-state index contributed by atoms with van der Waals surface area (Å²) in [6.45, 7) is 2.65. The molecule has 2 aromatic rings. The summed E-state index contributed by atoms with van der Waals surface area (Å²) in [6.07, 6.45) is 1.79. The number of rotatable bonds is 6. The molecule has 0 radical (unpaired) electrons. The number of aromatic carboxylic acids is 1. The smallest absolute Gasteiger partial charge is 0.335 e. The van der Waals surface area contributed by atoms with Crippen molar-refractivity contribution in [2.75, 3.05) is 12.8 Å². The third-order valence-corrected chi connectivity index (χ3v) is 3.82. The average Bonchev–Trinajstić information content (AvgIpc) is 2.74. The first-order valence-electron chi connectivity index (χ1n) is 6.49. The fraction of sp³-hybridized carbons (Fsp3) is 0.385. The molecule has 0 unspecified atom stereocenters. The summed E-state index contributed by atoms with van der Waals surface area (Å²) in [7, 11) is -3.23. The van der Waals surface area contributed by atoms with Crippen LogP contribution < -0.4 is 4.72 Å². The Morgan fingerprint density at radius 1 is 1.43 bits per heavy atom. The molecular formula is C13H17N3O4S. The zero-order valence-corrected chi connectivity index (χ0v) is 12.6. The van der Waals surface area contributed by atoms with Crippen LogP contribution in [0.5, 0.6) is 0 Å². The molecule has 1 aromatic carbocycles. The number of imidazole rings is 1. The Kier molecular flexibility index (Phi) is 4.29. The van der Waals surface area contributed by atoms with Crippen molar-refractivity contribution in [2.24, 2.45) is 0 Å². The maximum atomic E-state index is 11.1. The molecule has 0 saturated heterocycles. The van der Waals surface area contributed by atoms with E-state index >= 15 is 0 Å². The van der Waals surface area contributed by atoms with Gasteiger partial charge < -0.3 is 9.67 Å². The largest absolute Gasteiger partial charge is 0.478 e. The Bertz CT molecular complexity index is 780. The second-order valence-corrected chi connectivity index (χ2v) is 6.54. The fourth-order valence-electron chi connectivity index (χ4n) is 2.17. The summed E-state index contributed by atoms with van der Waals surface area (Å²) in [5.74, 6) is -0.203. The van der Waals surface area contributed by atoms with E-state index in [1.165, 1.54) is 12.1 Å². The molecule has 1 heterocycles. The maximum Gasteiger partial charge on any atom is 0.335 e. The van der Waals surface area contributed by atoms with Gasteiger partial charge in [0, 0.05) is 19.5 Å². The summed E-state index contributed by atoms with van der Waals surface area (Å²) >= 11 is 0. The van der Waals surface area contributed by atoms with E-state index in [1.807, 2.05) is 11.5 Å². The average molecular weight is 311 g/mol. The minimum absolute atomic E-state index is 0.184. The lowest BCUT2D eigenvalue weighted by molar-refractivity contribution is 0.0697. The molecule has 0 saturated carbocycles. The monoisotopic (exact) mass is 311 g/mol. The first kappa shape index (κ1) is 15.5. The van der Waals surface area contributed by atoms with Crippen molar-refractivity contribution in [3.05, 3.63) is 29.6 Å². The van der Waals surface area contributed by atoms with Crippen molar-refractivity contribution in [1.82, 2.24) is 14.3 Å². The summed E-state index contributed by atoms with van der Waals surface area (Å²) in [4.78, 5) is 15.4. The van der Waals surface area contributed by atoms with Crippen LogP contribution in [-0.2, 0) is 23.0 Å². The van der Waals surface area contributed by atoms with E-state index in [2.05, 4.69) is 9.71 Å². The van der Waals surface area contributed by atoms with Crippen LogP contribution in [0.4, 0.5) is 0 Å². The van der Waals surface area contributed by atoms with Gasteiger partial charge in [-0.05, 0) is 18.2 Å². The van der Waals surface area contributed by atoms with Crippen molar-refractivity contribution < 1.29 is 18.3 Å². The molecule has 2 N–H and O–H groups in total. The number of sulfonamides is 1. The van der Waals surface area contributed by atoms with E-state index in [1.54, 1.807) is 6.07 Å². The summed E-state index contributed by atoms with van der Waals surface area (Å²) in [5, 5.41) is 9.00. The Morgan fingerprint density at radius 3 is 2.71 bits per heavy atom. The highest BCUT2D eigenvalue weighted by Gasteiger charge is 2.12. The number of hydrogen-bond acceptors (Lipinski definition) is 4. The van der Waals surface area contributed by atoms with Crippen molar-refractivity contribution in [3.8, 4) is 0 Å². The summed E-state index contributed by atoms with van der Waals surface area (Å²) in [6, 6.07) is 4.75. The van der Waals surface area contributed by atoms with Crippen LogP contribution in [0.15, 0.2) is 18.2 Å². The normalized spacial score (nSPS) is 11.9. The van der Waals surface area contributed by atoms with Crippen LogP contribution in [0.3, 0.4) is 0 Å². The number of aryl methyl sites for hydroxylation is 1. The van der Waals surface area contributed by atoms with Crippen molar-refractivity contribution in [2.45, 2.75) is 19.9 Å². The molecule has 2 rings (SSSR count). The predicted octanol–water partition coefficient (Wildman–Crippen LogP) is 0.846. The molecule has 0 aliphatic rings. The molecule has 0 fully saturated rings. The lowest BCUT2D eigenvalue weighted by atomic mass is 10.2. The third-order valence-electron chi connectivity index (χ3n) is 3.09. The Labute approximate surface area is 122 Å². The molecule has 0 spiro atoms. The fourth-order valence-corrected chi connectivity index (χ4v) is 2.64. The Hall–Kier alpha value is -1.93. The number of aromatic nitrogens is 2. The van der Waals surface area contributed by atoms with Crippen molar-refractivity contribution >= 4 is 27.0 Å². The third kappa shape index (κ3) is 3.59. The number of nitrogens with zero attached hydrogens (tertiary/aromatic N) is 2. The molecule has 0 bridgehead atoms. The molecule has 8 heteroatoms. The minimum Gasteiger partial charge on any atom is -0.478 e. The van der Waals surface area contributed by atoms with Crippen LogP contribution >= 0.6 is 0 Å². The number of nitrogens with one attached hydrogen (secondary N) is 1. The molecule has 0 atom stereocenters. The maximum absolute atomic E-state index is 11.1. The van der Waals surface area contributed by atoms with Crippen LogP contribution in [0, 0.1) is 0 Å². The standard InChI is InChI=1S/C13H17N3O4S/c1-3-12-15-10-8-9(13(17)18)4-5-11(10)16(12)7-6-14-21(2,19)20/h4-5,8,14H,3,6-7H2,1-2H3,(H,17,18). The van der Waals surface area contributed by atoms with Gasteiger partial charge in [0.05, 0.1) is 22.9 Å².